The predicted octanol–water partition coefficient (Wildman–Crippen LogP) is 4.14. The molecule has 0 heterocycles. The molecule has 4 aliphatic carbocycles. The Labute approximate surface area is 99.2 Å². The fourth-order valence-electron chi connectivity index (χ4n) is 5.51. The Bertz CT molecular complexity index is 277. The normalized spacial score (nSPS) is 46.6. The van der Waals surface area contributed by atoms with Crippen LogP contribution in [-0.2, 0) is 0 Å². The van der Waals surface area contributed by atoms with Crippen LogP contribution < -0.4 is 0 Å². The van der Waals surface area contributed by atoms with Crippen LogP contribution in [0, 0.1) is 40.4 Å². The van der Waals surface area contributed by atoms with Gasteiger partial charge in [0.1, 0.15) is 0 Å². The molecule has 1 unspecified atom stereocenters. The summed E-state index contributed by atoms with van der Waals surface area (Å²) in [6.07, 6.45) is 11.2. The van der Waals surface area contributed by atoms with Crippen LogP contribution in [0.1, 0.15) is 58.3 Å². The van der Waals surface area contributed by atoms with E-state index in [1.807, 2.05) is 0 Å². The van der Waals surface area contributed by atoms with Crippen LogP contribution in [0.5, 0.6) is 0 Å². The average Bonchev–Trinajstić information content (AvgIpc) is 2.13. The topological polar surface area (TPSA) is 23.8 Å². The summed E-state index contributed by atoms with van der Waals surface area (Å²) in [6, 6.07) is 2.35. The number of rotatable bonds is 3. The van der Waals surface area contributed by atoms with Gasteiger partial charge >= 0.3 is 0 Å². The first-order valence-corrected chi connectivity index (χ1v) is 7.06. The Morgan fingerprint density at radius 1 is 1.12 bits per heavy atom. The Morgan fingerprint density at radius 2 is 1.62 bits per heavy atom. The van der Waals surface area contributed by atoms with E-state index in [0.717, 1.165) is 24.2 Å². The maximum atomic E-state index is 8.80. The summed E-state index contributed by atoms with van der Waals surface area (Å²) in [5.74, 6) is 3.79. The van der Waals surface area contributed by atoms with Crippen LogP contribution in [0.25, 0.3) is 0 Å². The third-order valence-corrected chi connectivity index (χ3v) is 5.39. The number of hydrogen-bond acceptors (Lipinski definition) is 1. The molecule has 0 radical (unpaired) electrons. The van der Waals surface area contributed by atoms with Gasteiger partial charge in [-0.25, -0.2) is 0 Å². The first-order valence-electron chi connectivity index (χ1n) is 7.06. The molecule has 1 nitrogen and oxygen atoms in total. The maximum Gasteiger partial charge on any atom is 0.0624 e. The summed E-state index contributed by atoms with van der Waals surface area (Å²) < 4.78 is 0. The Kier molecular flexibility index (Phi) is 2.50. The van der Waals surface area contributed by atoms with E-state index in [-0.39, 0.29) is 0 Å². The molecule has 0 amide bonds. The monoisotopic (exact) mass is 217 g/mol. The summed E-state index contributed by atoms with van der Waals surface area (Å²) in [4.78, 5) is 0. The molecule has 4 fully saturated rings. The summed E-state index contributed by atoms with van der Waals surface area (Å²) in [5.41, 5.74) is 0.672. The van der Waals surface area contributed by atoms with Gasteiger partial charge in [0, 0.05) is 6.42 Å². The van der Waals surface area contributed by atoms with Gasteiger partial charge in [-0.1, -0.05) is 6.92 Å². The van der Waals surface area contributed by atoms with E-state index < -0.39 is 0 Å². The second-order valence-electron chi connectivity index (χ2n) is 7.09. The summed E-state index contributed by atoms with van der Waals surface area (Å²) in [5, 5.41) is 8.80. The van der Waals surface area contributed by atoms with Crippen LogP contribution in [0.2, 0.25) is 0 Å². The molecule has 4 bridgehead atoms. The largest absolute Gasteiger partial charge is 0.198 e. The molecule has 0 N–H and O–H groups in total. The van der Waals surface area contributed by atoms with Gasteiger partial charge in [0.15, 0.2) is 0 Å². The van der Waals surface area contributed by atoms with Crippen molar-refractivity contribution in [3.63, 3.8) is 0 Å². The minimum absolute atomic E-state index is 0.626. The van der Waals surface area contributed by atoms with Crippen LogP contribution in [0.15, 0.2) is 0 Å². The van der Waals surface area contributed by atoms with Crippen molar-refractivity contribution in [1.82, 2.24) is 0 Å². The molecule has 0 saturated heterocycles. The van der Waals surface area contributed by atoms with Crippen LogP contribution in [0.3, 0.4) is 0 Å². The van der Waals surface area contributed by atoms with E-state index in [2.05, 4.69) is 13.0 Å². The predicted molar refractivity (Wildman–Crippen MR) is 64.6 cm³/mol. The molecule has 4 rings (SSSR count). The zero-order valence-electron chi connectivity index (χ0n) is 10.4. The molecule has 1 heteroatoms. The van der Waals surface area contributed by atoms with Gasteiger partial charge in [-0.2, -0.15) is 5.26 Å². The van der Waals surface area contributed by atoms with Crippen molar-refractivity contribution in [2.24, 2.45) is 29.1 Å². The lowest BCUT2D eigenvalue weighted by Gasteiger charge is -2.57. The van der Waals surface area contributed by atoms with Crippen LogP contribution in [0.4, 0.5) is 0 Å². The summed E-state index contributed by atoms with van der Waals surface area (Å²) in [7, 11) is 0. The fraction of sp³-hybridized carbons (Fsp3) is 0.933. The minimum Gasteiger partial charge on any atom is -0.198 e. The van der Waals surface area contributed by atoms with E-state index >= 15 is 0 Å². The van der Waals surface area contributed by atoms with Gasteiger partial charge in [-0.05, 0) is 74.0 Å². The molecule has 0 spiro atoms. The van der Waals surface area contributed by atoms with Crippen molar-refractivity contribution >= 4 is 0 Å². The van der Waals surface area contributed by atoms with E-state index in [0.29, 0.717) is 11.3 Å². The third-order valence-electron chi connectivity index (χ3n) is 5.39. The summed E-state index contributed by atoms with van der Waals surface area (Å²) >= 11 is 0. The molecule has 16 heavy (non-hydrogen) atoms. The molecule has 0 aromatic carbocycles. The number of hydrogen-bond donors (Lipinski definition) is 0. The van der Waals surface area contributed by atoms with Crippen molar-refractivity contribution in [2.45, 2.75) is 58.3 Å². The molecular weight excluding hydrogens is 194 g/mol. The van der Waals surface area contributed by atoms with Crippen LogP contribution in [-0.4, -0.2) is 0 Å². The fourth-order valence-corrected chi connectivity index (χ4v) is 5.51. The van der Waals surface area contributed by atoms with Crippen molar-refractivity contribution in [1.29, 1.82) is 5.26 Å². The van der Waals surface area contributed by atoms with Crippen molar-refractivity contribution < 1.29 is 0 Å². The minimum atomic E-state index is 0.626. The molecular formula is C15H23N. The smallest absolute Gasteiger partial charge is 0.0624 e. The number of nitrogens with zero attached hydrogens (tertiary/aromatic N) is 1. The zero-order valence-corrected chi connectivity index (χ0v) is 10.4. The lowest BCUT2D eigenvalue weighted by atomic mass is 9.48. The number of nitriles is 1. The third kappa shape index (κ3) is 1.77. The lowest BCUT2D eigenvalue weighted by Crippen LogP contribution is -2.46. The second kappa shape index (κ2) is 3.76. The molecule has 4 aliphatic rings. The summed E-state index contributed by atoms with van der Waals surface area (Å²) in [6.45, 7) is 2.28. The molecule has 1 atom stereocenters. The van der Waals surface area contributed by atoms with Gasteiger partial charge in [0.2, 0.25) is 0 Å². The lowest BCUT2D eigenvalue weighted by molar-refractivity contribution is -0.0639. The highest BCUT2D eigenvalue weighted by Crippen LogP contribution is 2.62. The van der Waals surface area contributed by atoms with Gasteiger partial charge in [-0.15, -0.1) is 0 Å². The van der Waals surface area contributed by atoms with Gasteiger partial charge in [0.25, 0.3) is 0 Å². The highest BCUT2D eigenvalue weighted by Gasteiger charge is 2.50. The Morgan fingerprint density at radius 3 is 2.06 bits per heavy atom. The van der Waals surface area contributed by atoms with E-state index in [1.54, 1.807) is 0 Å². The van der Waals surface area contributed by atoms with Crippen molar-refractivity contribution in [3.8, 4) is 6.07 Å². The molecule has 0 aromatic rings. The van der Waals surface area contributed by atoms with Gasteiger partial charge < -0.3 is 0 Å². The van der Waals surface area contributed by atoms with Crippen LogP contribution >= 0.6 is 0 Å². The molecule has 4 saturated carbocycles. The van der Waals surface area contributed by atoms with E-state index in [9.17, 15) is 0 Å². The van der Waals surface area contributed by atoms with E-state index in [1.165, 1.54) is 44.9 Å². The van der Waals surface area contributed by atoms with Gasteiger partial charge in [-0.3, -0.25) is 0 Å². The molecule has 0 aliphatic heterocycles. The highest BCUT2D eigenvalue weighted by molar-refractivity contribution is 5.02. The van der Waals surface area contributed by atoms with Crippen molar-refractivity contribution in [2.75, 3.05) is 0 Å². The first-order chi connectivity index (χ1) is 7.69. The highest BCUT2D eigenvalue weighted by atomic mass is 14.6. The average molecular weight is 217 g/mol. The second-order valence-corrected chi connectivity index (χ2v) is 7.09. The molecule has 0 aromatic heterocycles. The maximum absolute atomic E-state index is 8.80. The quantitative estimate of drug-likeness (QED) is 0.697. The Hall–Kier alpha value is -0.510. The first kappa shape index (κ1) is 10.6. The van der Waals surface area contributed by atoms with Gasteiger partial charge in [0.05, 0.1) is 6.07 Å². The SMILES string of the molecule is CC(CC#N)CC12CC3CC(CC(C3)C1)C2. The Balaban J connectivity index is 1.71. The molecule has 88 valence electrons. The standard InChI is InChI=1S/C15H23N/c1-11(2-3-16)7-15-8-12-4-13(9-15)6-14(5-12)10-15/h11-14H,2,4-10H2,1H3. The van der Waals surface area contributed by atoms with E-state index in [4.69, 9.17) is 5.26 Å². The zero-order chi connectivity index (χ0) is 11.2. The van der Waals surface area contributed by atoms with Crippen molar-refractivity contribution in [3.05, 3.63) is 0 Å².